The van der Waals surface area contributed by atoms with Crippen molar-refractivity contribution in [3.8, 4) is 0 Å². The van der Waals surface area contributed by atoms with Gasteiger partial charge in [-0.1, -0.05) is 54.9 Å². The van der Waals surface area contributed by atoms with Gasteiger partial charge in [0.15, 0.2) is 8.32 Å². The van der Waals surface area contributed by atoms with Gasteiger partial charge < -0.3 is 9.74 Å². The summed E-state index contributed by atoms with van der Waals surface area (Å²) in [6.07, 6.45) is -4.32. The number of carbonyl (C=O) groups excluding carboxylic acids is 1. The number of nitrogens with one attached hydrogen (secondary N) is 1. The number of carbonyl (C=O) groups is 1. The molecule has 0 aliphatic carbocycles. The van der Waals surface area contributed by atoms with Crippen molar-refractivity contribution in [2.75, 3.05) is 5.32 Å². The molecule has 1 unspecified atom stereocenters. The van der Waals surface area contributed by atoms with Crippen molar-refractivity contribution < 1.29 is 22.4 Å². The first-order valence-electron chi connectivity index (χ1n) is 10.0. The lowest BCUT2D eigenvalue weighted by Crippen LogP contribution is -2.40. The summed E-state index contributed by atoms with van der Waals surface area (Å²) in [5.74, 6) is -1.98. The van der Waals surface area contributed by atoms with Gasteiger partial charge in [-0.2, -0.15) is 13.2 Å². The maximum absolute atomic E-state index is 12.9. The molecule has 1 N–H and O–H groups in total. The Kier molecular flexibility index (Phi) is 7.82. The van der Waals surface area contributed by atoms with Crippen LogP contribution in [-0.2, 0) is 11.0 Å². The van der Waals surface area contributed by atoms with Crippen LogP contribution in [0, 0.1) is 0 Å². The van der Waals surface area contributed by atoms with E-state index in [1.807, 2.05) is 12.1 Å². The van der Waals surface area contributed by atoms with E-state index >= 15 is 0 Å². The molecule has 0 radical (unpaired) electrons. The van der Waals surface area contributed by atoms with Crippen LogP contribution >= 0.6 is 15.9 Å². The lowest BCUT2D eigenvalue weighted by atomic mass is 9.99. The molecule has 8 heteroatoms. The smallest absolute Gasteiger partial charge is 0.395 e. The number of amides is 1. The van der Waals surface area contributed by atoms with E-state index in [2.05, 4.69) is 55.1 Å². The van der Waals surface area contributed by atoms with Gasteiger partial charge in [0, 0.05) is 21.3 Å². The number of halogens is 4. The van der Waals surface area contributed by atoms with Gasteiger partial charge in [-0.15, -0.1) is 0 Å². The van der Waals surface area contributed by atoms with Gasteiger partial charge in [-0.25, -0.2) is 0 Å². The molecule has 0 saturated heterocycles. The third kappa shape index (κ3) is 6.43. The highest BCUT2D eigenvalue weighted by molar-refractivity contribution is 9.10. The Morgan fingerprint density at radius 1 is 1.10 bits per heavy atom. The lowest BCUT2D eigenvalue weighted by Gasteiger charge is -2.36. The van der Waals surface area contributed by atoms with E-state index in [4.69, 9.17) is 4.43 Å². The summed E-state index contributed by atoms with van der Waals surface area (Å²) in [4.78, 5) is 12.7. The van der Waals surface area contributed by atoms with Crippen LogP contribution in [0.1, 0.15) is 55.1 Å². The molecule has 1 atom stereocenters. The normalized spacial score (nSPS) is 13.7. The number of alkyl halides is 3. The largest absolute Gasteiger partial charge is 0.412 e. The third-order valence-electron chi connectivity index (χ3n) is 5.91. The minimum absolute atomic E-state index is 0.0486. The third-order valence-corrected chi connectivity index (χ3v) is 11.1. The molecule has 2 rings (SSSR count). The summed E-state index contributed by atoms with van der Waals surface area (Å²) in [5, 5.41) is 2.91. The second-order valence-corrected chi connectivity index (χ2v) is 14.8. The number of rotatable bonds is 6. The lowest BCUT2D eigenvalue weighted by molar-refractivity contribution is -0.146. The Morgan fingerprint density at radius 2 is 1.68 bits per heavy atom. The van der Waals surface area contributed by atoms with Crippen molar-refractivity contribution in [2.24, 2.45) is 0 Å². The Labute approximate surface area is 191 Å². The standard InChI is InChI=1S/C23H29BrF3NO2Si/c1-15(23(25,26)27)16-10-12-17(13-11-16)21(29)28-20-9-7-8-19(24)18(20)14-30-31(5,6)22(2,3)4/h7-13,15H,14H2,1-6H3,(H,28,29). The molecule has 170 valence electrons. The van der Waals surface area contributed by atoms with Gasteiger partial charge >= 0.3 is 6.18 Å². The highest BCUT2D eigenvalue weighted by Gasteiger charge is 2.38. The fourth-order valence-corrected chi connectivity index (χ4v) is 4.02. The Hall–Kier alpha value is -1.64. The topological polar surface area (TPSA) is 38.3 Å². The van der Waals surface area contributed by atoms with Crippen molar-refractivity contribution in [1.82, 2.24) is 0 Å². The molecule has 0 aliphatic rings. The number of benzene rings is 2. The minimum Gasteiger partial charge on any atom is -0.412 e. The summed E-state index contributed by atoms with van der Waals surface area (Å²) in [5.41, 5.74) is 1.83. The van der Waals surface area contributed by atoms with Crippen LogP contribution in [0.3, 0.4) is 0 Å². The van der Waals surface area contributed by atoms with E-state index in [0.29, 0.717) is 12.3 Å². The highest BCUT2D eigenvalue weighted by Crippen LogP contribution is 2.38. The van der Waals surface area contributed by atoms with Crippen molar-refractivity contribution in [3.05, 3.63) is 63.6 Å². The predicted molar refractivity (Wildman–Crippen MR) is 125 cm³/mol. The summed E-state index contributed by atoms with van der Waals surface area (Å²) in [6.45, 7) is 12.2. The van der Waals surface area contributed by atoms with Crippen LogP contribution in [0.4, 0.5) is 18.9 Å². The van der Waals surface area contributed by atoms with Crippen LogP contribution in [0.25, 0.3) is 0 Å². The maximum atomic E-state index is 12.9. The number of hydrogen-bond donors (Lipinski definition) is 1. The van der Waals surface area contributed by atoms with Crippen LogP contribution in [0.2, 0.25) is 18.1 Å². The summed E-state index contributed by atoms with van der Waals surface area (Å²) >= 11 is 3.53. The maximum Gasteiger partial charge on any atom is 0.395 e. The average Bonchev–Trinajstić information content (AvgIpc) is 2.65. The first-order valence-corrected chi connectivity index (χ1v) is 13.7. The predicted octanol–water partition coefficient (Wildman–Crippen LogP) is 7.89. The van der Waals surface area contributed by atoms with Gasteiger partial charge in [0.25, 0.3) is 5.91 Å². The summed E-state index contributed by atoms with van der Waals surface area (Å²) in [6, 6.07) is 11.0. The number of anilines is 1. The average molecular weight is 516 g/mol. The zero-order valence-corrected chi connectivity index (χ0v) is 21.2. The quantitative estimate of drug-likeness (QED) is 0.397. The first-order chi connectivity index (χ1) is 14.1. The van der Waals surface area contributed by atoms with Crippen LogP contribution in [0.15, 0.2) is 46.9 Å². The van der Waals surface area contributed by atoms with E-state index in [1.165, 1.54) is 24.3 Å². The molecule has 0 saturated carbocycles. The Morgan fingerprint density at radius 3 is 2.19 bits per heavy atom. The van der Waals surface area contributed by atoms with Gasteiger partial charge in [0.05, 0.1) is 12.5 Å². The van der Waals surface area contributed by atoms with E-state index in [1.54, 1.807) is 6.07 Å². The monoisotopic (exact) mass is 515 g/mol. The summed E-state index contributed by atoms with van der Waals surface area (Å²) in [7, 11) is -2.00. The van der Waals surface area contributed by atoms with Crippen molar-refractivity contribution >= 4 is 35.8 Å². The van der Waals surface area contributed by atoms with Gasteiger partial charge in [0.2, 0.25) is 0 Å². The van der Waals surface area contributed by atoms with Gasteiger partial charge in [-0.05, 0) is 54.9 Å². The van der Waals surface area contributed by atoms with Crippen LogP contribution < -0.4 is 5.32 Å². The van der Waals surface area contributed by atoms with E-state index in [-0.39, 0.29) is 16.2 Å². The summed E-state index contributed by atoms with van der Waals surface area (Å²) < 4.78 is 45.8. The molecule has 0 aliphatic heterocycles. The molecule has 0 aromatic heterocycles. The van der Waals surface area contributed by atoms with E-state index in [0.717, 1.165) is 17.0 Å². The second kappa shape index (κ2) is 9.46. The van der Waals surface area contributed by atoms with Crippen molar-refractivity contribution in [1.29, 1.82) is 0 Å². The van der Waals surface area contributed by atoms with Crippen molar-refractivity contribution in [3.63, 3.8) is 0 Å². The highest BCUT2D eigenvalue weighted by atomic mass is 79.9. The molecule has 3 nitrogen and oxygen atoms in total. The van der Waals surface area contributed by atoms with E-state index < -0.39 is 26.3 Å². The second-order valence-electron chi connectivity index (χ2n) is 9.15. The van der Waals surface area contributed by atoms with Gasteiger partial charge in [0.1, 0.15) is 0 Å². The Bertz CT molecular complexity index is 922. The molecule has 0 spiro atoms. The van der Waals surface area contributed by atoms with E-state index in [9.17, 15) is 18.0 Å². The van der Waals surface area contributed by atoms with Crippen molar-refractivity contribution in [2.45, 2.75) is 64.5 Å². The van der Waals surface area contributed by atoms with Gasteiger partial charge in [-0.3, -0.25) is 4.79 Å². The molecule has 2 aromatic rings. The number of hydrogen-bond acceptors (Lipinski definition) is 2. The SMILES string of the molecule is CC(c1ccc(C(=O)Nc2cccc(Br)c2CO[Si](C)(C)C(C)(C)C)cc1)C(F)(F)F. The molecule has 2 aromatic carbocycles. The fraction of sp³-hybridized carbons (Fsp3) is 0.435. The van der Waals surface area contributed by atoms with Crippen LogP contribution in [-0.4, -0.2) is 20.4 Å². The fourth-order valence-electron chi connectivity index (χ4n) is 2.60. The molecule has 1 amide bonds. The molecule has 0 heterocycles. The molecular weight excluding hydrogens is 487 g/mol. The zero-order chi connectivity index (χ0) is 23.6. The minimum atomic E-state index is -4.32. The van der Waals surface area contributed by atoms with Crippen LogP contribution in [0.5, 0.6) is 0 Å². The first kappa shape index (κ1) is 25.6. The zero-order valence-electron chi connectivity index (χ0n) is 18.7. The molecule has 0 fully saturated rings. The molecule has 31 heavy (non-hydrogen) atoms. The molecular formula is C23H29BrF3NO2Si. The molecule has 0 bridgehead atoms. The Balaban J connectivity index is 2.20.